The Morgan fingerprint density at radius 3 is 1.57 bits per heavy atom. The summed E-state index contributed by atoms with van der Waals surface area (Å²) in [6, 6.07) is 25.6. The summed E-state index contributed by atoms with van der Waals surface area (Å²) in [4.78, 5) is 0. The predicted octanol–water partition coefficient (Wildman–Crippen LogP) is 11.4. The Bertz CT molecular complexity index is 1420. The molecule has 2 saturated carbocycles. The minimum Gasteiger partial charge on any atom is -0.103 e. The van der Waals surface area contributed by atoms with Crippen LogP contribution in [-0.4, -0.2) is 16.1 Å². The Kier molecular flexibility index (Phi) is 9.13. The van der Waals surface area contributed by atoms with Crippen LogP contribution in [0.1, 0.15) is 67.2 Å². The van der Waals surface area contributed by atoms with E-state index < -0.39 is 16.1 Å². The fourth-order valence-corrected chi connectivity index (χ4v) is 20.9. The summed E-state index contributed by atoms with van der Waals surface area (Å²) >= 11 is 0. The molecule has 4 aliphatic carbocycles. The minimum absolute atomic E-state index is 0.144. The van der Waals surface area contributed by atoms with Gasteiger partial charge in [0, 0.05) is 0 Å². The molecule has 2 aromatic carbocycles. The zero-order chi connectivity index (χ0) is 32.9. The molecule has 0 heterocycles. The molecule has 2 heteroatoms. The molecule has 2 aromatic rings. The largest absolute Gasteiger partial charge is 0.125 e. The van der Waals surface area contributed by atoms with E-state index in [1.807, 2.05) is 0 Å². The molecule has 0 spiro atoms. The normalized spacial score (nSPS) is 29.6. The molecule has 0 nitrogen and oxygen atoms in total. The van der Waals surface area contributed by atoms with Gasteiger partial charge in [-0.25, -0.2) is 0 Å². The lowest BCUT2D eigenvalue weighted by molar-refractivity contribution is 0.433. The molecule has 6 rings (SSSR count). The van der Waals surface area contributed by atoms with Crippen LogP contribution in [0.2, 0.25) is 35.8 Å². The second-order valence-corrected chi connectivity index (χ2v) is 27.6. The molecule has 46 heavy (non-hydrogen) atoms. The quantitative estimate of drug-likeness (QED) is 0.198. The third-order valence-electron chi connectivity index (χ3n) is 12.8. The van der Waals surface area contributed by atoms with Crippen molar-refractivity contribution in [1.82, 2.24) is 0 Å². The first-order valence-electron chi connectivity index (χ1n) is 18.3. The standard InChI is InChI=1S/C44H60Si2/c1-10-11-28-45(8,9)36-24-25-37(31-36)46(34-18-14-12-15-19-34,35-20-16-13-17-21-35)42-40-29-32(43(2,3)4)22-26-38(40)39-27-23-33(30-41(39)42)44(5,6)7/h10,12-23,26-27,29-30,36-42H,1,11,24-25,28,31H2,2-9H3. The van der Waals surface area contributed by atoms with Gasteiger partial charge in [-0.3, -0.25) is 0 Å². The zero-order valence-electron chi connectivity index (χ0n) is 30.1. The summed E-state index contributed by atoms with van der Waals surface area (Å²) in [7, 11) is -3.77. The highest BCUT2D eigenvalue weighted by Crippen LogP contribution is 2.64. The van der Waals surface area contributed by atoms with Gasteiger partial charge < -0.3 is 0 Å². The van der Waals surface area contributed by atoms with Crippen LogP contribution in [0.15, 0.2) is 121 Å². The summed E-state index contributed by atoms with van der Waals surface area (Å²) in [6.45, 7) is 24.0. The molecule has 244 valence electrons. The van der Waals surface area contributed by atoms with Gasteiger partial charge in [0.25, 0.3) is 0 Å². The molecule has 0 amide bonds. The van der Waals surface area contributed by atoms with Crippen molar-refractivity contribution in [3.8, 4) is 0 Å². The van der Waals surface area contributed by atoms with Crippen LogP contribution in [0.25, 0.3) is 0 Å². The molecule has 0 aliphatic heterocycles. The van der Waals surface area contributed by atoms with Gasteiger partial charge in [-0.2, -0.15) is 0 Å². The van der Waals surface area contributed by atoms with Gasteiger partial charge >= 0.3 is 0 Å². The first kappa shape index (κ1) is 33.5. The molecule has 0 saturated heterocycles. The second kappa shape index (κ2) is 12.5. The van der Waals surface area contributed by atoms with Gasteiger partial charge in [-0.1, -0.05) is 194 Å². The Hall–Kier alpha value is -2.43. The Balaban J connectivity index is 1.61. The number of hydrogen-bond acceptors (Lipinski definition) is 0. The van der Waals surface area contributed by atoms with E-state index in [4.69, 9.17) is 0 Å². The zero-order valence-corrected chi connectivity index (χ0v) is 32.1. The van der Waals surface area contributed by atoms with Crippen LogP contribution in [0.5, 0.6) is 0 Å². The summed E-state index contributed by atoms with van der Waals surface area (Å²) in [6.07, 6.45) is 23.5. The fraction of sp³-hybridized carbons (Fsp3) is 0.500. The van der Waals surface area contributed by atoms with E-state index in [2.05, 4.69) is 164 Å². The van der Waals surface area contributed by atoms with Crippen LogP contribution in [0.3, 0.4) is 0 Å². The second-order valence-electron chi connectivity index (χ2n) is 17.9. The van der Waals surface area contributed by atoms with Gasteiger partial charge in [0.15, 0.2) is 0 Å². The maximum absolute atomic E-state index is 4.11. The van der Waals surface area contributed by atoms with Gasteiger partial charge in [0.2, 0.25) is 0 Å². The molecule has 2 fully saturated rings. The van der Waals surface area contributed by atoms with E-state index in [1.54, 1.807) is 10.4 Å². The number of hydrogen-bond donors (Lipinski definition) is 0. The van der Waals surface area contributed by atoms with Crippen LogP contribution in [0.4, 0.5) is 0 Å². The number of allylic oxidation sites excluding steroid dienone is 9. The topological polar surface area (TPSA) is 0 Å². The van der Waals surface area contributed by atoms with Crippen molar-refractivity contribution in [3.63, 3.8) is 0 Å². The number of benzene rings is 2. The minimum atomic E-state index is -2.38. The highest BCUT2D eigenvalue weighted by atomic mass is 28.3. The van der Waals surface area contributed by atoms with E-state index in [0.717, 1.165) is 11.1 Å². The lowest BCUT2D eigenvalue weighted by Crippen LogP contribution is -2.66. The van der Waals surface area contributed by atoms with Crippen molar-refractivity contribution >= 4 is 26.5 Å². The molecule has 0 radical (unpaired) electrons. The highest BCUT2D eigenvalue weighted by Gasteiger charge is 2.63. The van der Waals surface area contributed by atoms with Crippen molar-refractivity contribution in [1.29, 1.82) is 0 Å². The SMILES string of the molecule is C=CCC[Si](C)(C)C1CCC([Si](c2ccccc2)(c2ccccc2)C2C3C=C(C(C)(C)C)C=CC3C3C=CC(C(C)(C)C)=CC32)C1. The van der Waals surface area contributed by atoms with Crippen LogP contribution in [0, 0.1) is 34.5 Å². The monoisotopic (exact) mass is 644 g/mol. The van der Waals surface area contributed by atoms with Crippen LogP contribution in [-0.2, 0) is 0 Å². The maximum atomic E-state index is 4.11. The smallest absolute Gasteiger partial charge is 0.103 e. The molecule has 0 aromatic heterocycles. The maximum Gasteiger partial charge on any atom is 0.125 e. The lowest BCUT2D eigenvalue weighted by Gasteiger charge is -2.49. The van der Waals surface area contributed by atoms with Crippen molar-refractivity contribution in [2.24, 2.45) is 34.5 Å². The third-order valence-corrected chi connectivity index (χ3v) is 23.4. The van der Waals surface area contributed by atoms with E-state index >= 15 is 0 Å². The first-order chi connectivity index (χ1) is 21.8. The van der Waals surface area contributed by atoms with Crippen LogP contribution >= 0.6 is 0 Å². The third kappa shape index (κ3) is 5.91. The van der Waals surface area contributed by atoms with Gasteiger partial charge in [-0.15, -0.1) is 6.58 Å². The fourth-order valence-electron chi connectivity index (χ4n) is 10.3. The molecule has 6 atom stereocenters. The van der Waals surface area contributed by atoms with Crippen molar-refractivity contribution in [3.05, 3.63) is 121 Å². The van der Waals surface area contributed by atoms with Crippen molar-refractivity contribution < 1.29 is 0 Å². The molecule has 0 bridgehead atoms. The Morgan fingerprint density at radius 1 is 0.674 bits per heavy atom. The molecule has 4 aliphatic rings. The van der Waals surface area contributed by atoms with E-state index in [-0.39, 0.29) is 10.8 Å². The number of fused-ring (bicyclic) bond motifs is 3. The highest BCUT2D eigenvalue weighted by molar-refractivity contribution is 7.04. The average molecular weight is 645 g/mol. The van der Waals surface area contributed by atoms with Gasteiger partial charge in [0.1, 0.15) is 8.07 Å². The summed E-state index contributed by atoms with van der Waals surface area (Å²) in [5, 5.41) is 3.37. The lowest BCUT2D eigenvalue weighted by atomic mass is 9.74. The van der Waals surface area contributed by atoms with Crippen molar-refractivity contribution in [2.75, 3.05) is 0 Å². The summed E-state index contributed by atoms with van der Waals surface area (Å²) < 4.78 is 0. The summed E-state index contributed by atoms with van der Waals surface area (Å²) in [5.41, 5.74) is 5.61. The summed E-state index contributed by atoms with van der Waals surface area (Å²) in [5.74, 6) is 2.22. The molecular weight excluding hydrogens is 585 g/mol. The predicted molar refractivity (Wildman–Crippen MR) is 207 cm³/mol. The van der Waals surface area contributed by atoms with Gasteiger partial charge in [0.05, 0.1) is 8.07 Å². The van der Waals surface area contributed by atoms with Crippen LogP contribution < -0.4 is 10.4 Å². The van der Waals surface area contributed by atoms with E-state index in [9.17, 15) is 0 Å². The Labute approximate surface area is 283 Å². The first-order valence-corrected chi connectivity index (χ1v) is 23.8. The van der Waals surface area contributed by atoms with Gasteiger partial charge in [-0.05, 0) is 68.7 Å². The molecular formula is C44H60Si2. The molecule has 6 unspecified atom stereocenters. The van der Waals surface area contributed by atoms with Crippen molar-refractivity contribution in [2.45, 2.75) is 103 Å². The number of rotatable bonds is 8. The Morgan fingerprint density at radius 2 is 1.13 bits per heavy atom. The molecule has 0 N–H and O–H groups in total. The van der Waals surface area contributed by atoms with E-state index in [1.165, 1.54) is 42.9 Å². The van der Waals surface area contributed by atoms with E-state index in [0.29, 0.717) is 29.2 Å². The average Bonchev–Trinajstić information content (AvgIpc) is 3.65.